The van der Waals surface area contributed by atoms with E-state index in [0.29, 0.717) is 19.1 Å². The summed E-state index contributed by atoms with van der Waals surface area (Å²) in [4.78, 5) is 11.4. The van der Waals surface area contributed by atoms with Gasteiger partial charge in [-0.3, -0.25) is 0 Å². The molecule has 0 aliphatic carbocycles. The molecule has 0 rings (SSSR count). The summed E-state index contributed by atoms with van der Waals surface area (Å²) >= 11 is 3.50. The first-order chi connectivity index (χ1) is 7.89. The fourth-order valence-corrected chi connectivity index (χ4v) is 2.07. The number of halogens is 1. The lowest BCUT2D eigenvalue weighted by Gasteiger charge is -2.18. The minimum Gasteiger partial charge on any atom is -0.449 e. The van der Waals surface area contributed by atoms with Crippen molar-refractivity contribution in [3.63, 3.8) is 0 Å². The molecule has 1 N–H and O–H groups in total. The van der Waals surface area contributed by atoms with Gasteiger partial charge in [0.2, 0.25) is 0 Å². The first kappa shape index (κ1) is 16.8. The smallest absolute Gasteiger partial charge is 0.407 e. The van der Waals surface area contributed by atoms with Gasteiger partial charge in [-0.1, -0.05) is 50.0 Å². The van der Waals surface area contributed by atoms with E-state index in [4.69, 9.17) is 4.74 Å². The van der Waals surface area contributed by atoms with Gasteiger partial charge in [-0.25, -0.2) is 4.79 Å². The summed E-state index contributed by atoms with van der Waals surface area (Å²) in [6.45, 7) is 9.46. The lowest BCUT2D eigenvalue weighted by atomic mass is 9.99. The number of ether oxygens (including phenoxy) is 1. The molecule has 0 saturated carbocycles. The van der Waals surface area contributed by atoms with Crippen molar-refractivity contribution >= 4 is 22.0 Å². The highest BCUT2D eigenvalue weighted by molar-refractivity contribution is 9.09. The summed E-state index contributed by atoms with van der Waals surface area (Å²) in [6.07, 6.45) is 3.09. The van der Waals surface area contributed by atoms with Crippen LogP contribution in [0, 0.1) is 11.3 Å². The van der Waals surface area contributed by atoms with Crippen molar-refractivity contribution in [2.45, 2.75) is 47.0 Å². The van der Waals surface area contributed by atoms with Crippen LogP contribution < -0.4 is 5.32 Å². The number of hydrogen-bond donors (Lipinski definition) is 1. The van der Waals surface area contributed by atoms with Crippen LogP contribution in [0.4, 0.5) is 4.79 Å². The highest BCUT2D eigenvalue weighted by Gasteiger charge is 2.13. The Labute approximate surface area is 114 Å². The van der Waals surface area contributed by atoms with Gasteiger partial charge < -0.3 is 10.1 Å². The Hall–Kier alpha value is -0.250. The maximum absolute atomic E-state index is 11.4. The first-order valence-corrected chi connectivity index (χ1v) is 7.47. The SMILES string of the molecule is CCCC(CBr)CCNC(=O)OCC(C)(C)C. The highest BCUT2D eigenvalue weighted by atomic mass is 79.9. The molecule has 17 heavy (non-hydrogen) atoms. The standard InChI is InChI=1S/C13H26BrNO2/c1-5-6-11(9-14)7-8-15-12(16)17-10-13(2,3)4/h11H,5-10H2,1-4H3,(H,15,16). The molecule has 1 unspecified atom stereocenters. The molecule has 0 aromatic heterocycles. The van der Waals surface area contributed by atoms with Crippen molar-refractivity contribution in [1.82, 2.24) is 5.32 Å². The molecule has 0 aliphatic heterocycles. The molecule has 0 saturated heterocycles. The Bertz CT molecular complexity index is 214. The van der Waals surface area contributed by atoms with Gasteiger partial charge in [0, 0.05) is 11.9 Å². The zero-order chi connectivity index (χ0) is 13.3. The number of alkyl carbamates (subject to hydrolysis) is 1. The van der Waals surface area contributed by atoms with E-state index in [2.05, 4.69) is 28.2 Å². The minimum atomic E-state index is -0.301. The summed E-state index contributed by atoms with van der Waals surface area (Å²) in [5, 5.41) is 3.80. The minimum absolute atomic E-state index is 0.0257. The predicted octanol–water partition coefficient (Wildman–Crippen LogP) is 3.96. The summed E-state index contributed by atoms with van der Waals surface area (Å²) < 4.78 is 5.12. The second kappa shape index (κ2) is 8.78. The van der Waals surface area contributed by atoms with Crippen LogP contribution in [0.2, 0.25) is 0 Å². The Kier molecular flexibility index (Phi) is 8.66. The van der Waals surface area contributed by atoms with Crippen LogP contribution in [0.1, 0.15) is 47.0 Å². The maximum atomic E-state index is 11.4. The van der Waals surface area contributed by atoms with E-state index in [0.717, 1.165) is 11.8 Å². The normalized spacial score (nSPS) is 13.2. The maximum Gasteiger partial charge on any atom is 0.407 e. The zero-order valence-corrected chi connectivity index (χ0v) is 13.1. The molecular formula is C13H26BrNO2. The second-order valence-corrected chi connectivity index (χ2v) is 6.31. The fraction of sp³-hybridized carbons (Fsp3) is 0.923. The lowest BCUT2D eigenvalue weighted by Crippen LogP contribution is -2.29. The molecule has 102 valence electrons. The van der Waals surface area contributed by atoms with Gasteiger partial charge in [0.05, 0.1) is 6.61 Å². The number of rotatable bonds is 7. The summed E-state index contributed by atoms with van der Waals surface area (Å²) in [5.74, 6) is 0.642. The van der Waals surface area contributed by atoms with Crippen LogP contribution in [-0.2, 0) is 4.74 Å². The van der Waals surface area contributed by atoms with E-state index in [-0.39, 0.29) is 11.5 Å². The number of carbonyl (C=O) groups is 1. The van der Waals surface area contributed by atoms with Gasteiger partial charge in [-0.15, -0.1) is 0 Å². The van der Waals surface area contributed by atoms with E-state index >= 15 is 0 Å². The Morgan fingerprint density at radius 3 is 2.47 bits per heavy atom. The van der Waals surface area contributed by atoms with Crippen LogP contribution in [0.15, 0.2) is 0 Å². The summed E-state index contributed by atoms with van der Waals surface area (Å²) in [5.41, 5.74) is 0.0257. The molecule has 4 heteroatoms. The van der Waals surface area contributed by atoms with Crippen molar-refractivity contribution in [3.8, 4) is 0 Å². The second-order valence-electron chi connectivity index (χ2n) is 5.66. The summed E-state index contributed by atoms with van der Waals surface area (Å²) in [6, 6.07) is 0. The quantitative estimate of drug-likeness (QED) is 0.723. The number of hydrogen-bond acceptors (Lipinski definition) is 2. The molecule has 0 aliphatic rings. The largest absolute Gasteiger partial charge is 0.449 e. The fourth-order valence-electron chi connectivity index (χ4n) is 1.42. The van der Waals surface area contributed by atoms with E-state index in [1.165, 1.54) is 12.8 Å². The molecule has 0 spiro atoms. The number of nitrogens with one attached hydrogen (secondary N) is 1. The molecule has 1 atom stereocenters. The lowest BCUT2D eigenvalue weighted by molar-refractivity contribution is 0.106. The van der Waals surface area contributed by atoms with Gasteiger partial charge in [-0.2, -0.15) is 0 Å². The van der Waals surface area contributed by atoms with Crippen LogP contribution in [-0.4, -0.2) is 24.6 Å². The summed E-state index contributed by atoms with van der Waals surface area (Å²) in [7, 11) is 0. The molecule has 0 heterocycles. The van der Waals surface area contributed by atoms with Gasteiger partial charge in [0.15, 0.2) is 0 Å². The topological polar surface area (TPSA) is 38.3 Å². The number of alkyl halides is 1. The van der Waals surface area contributed by atoms with E-state index in [1.807, 2.05) is 20.8 Å². The Balaban J connectivity index is 3.63. The molecule has 3 nitrogen and oxygen atoms in total. The van der Waals surface area contributed by atoms with Gasteiger partial charge >= 0.3 is 6.09 Å². The molecule has 0 aromatic carbocycles. The van der Waals surface area contributed by atoms with Gasteiger partial charge in [0.25, 0.3) is 0 Å². The molecular weight excluding hydrogens is 282 g/mol. The van der Waals surface area contributed by atoms with E-state index in [1.54, 1.807) is 0 Å². The Morgan fingerprint density at radius 1 is 1.35 bits per heavy atom. The molecule has 0 bridgehead atoms. The van der Waals surface area contributed by atoms with Crippen LogP contribution in [0.3, 0.4) is 0 Å². The molecule has 0 fully saturated rings. The third kappa shape index (κ3) is 10.6. The van der Waals surface area contributed by atoms with Crippen molar-refractivity contribution in [2.24, 2.45) is 11.3 Å². The predicted molar refractivity (Wildman–Crippen MR) is 75.6 cm³/mol. The van der Waals surface area contributed by atoms with Gasteiger partial charge in [0.1, 0.15) is 0 Å². The molecule has 1 amide bonds. The third-order valence-corrected chi connectivity index (χ3v) is 3.29. The van der Waals surface area contributed by atoms with Gasteiger partial charge in [-0.05, 0) is 24.2 Å². The van der Waals surface area contributed by atoms with Crippen molar-refractivity contribution in [1.29, 1.82) is 0 Å². The van der Waals surface area contributed by atoms with E-state index < -0.39 is 0 Å². The van der Waals surface area contributed by atoms with E-state index in [9.17, 15) is 4.79 Å². The first-order valence-electron chi connectivity index (χ1n) is 6.35. The molecule has 0 aromatic rings. The number of carbonyl (C=O) groups excluding carboxylic acids is 1. The number of amides is 1. The van der Waals surface area contributed by atoms with Crippen molar-refractivity contribution in [3.05, 3.63) is 0 Å². The van der Waals surface area contributed by atoms with Crippen LogP contribution in [0.5, 0.6) is 0 Å². The van der Waals surface area contributed by atoms with Crippen molar-refractivity contribution in [2.75, 3.05) is 18.5 Å². The molecule has 0 radical (unpaired) electrons. The monoisotopic (exact) mass is 307 g/mol. The Morgan fingerprint density at radius 2 is 2.00 bits per heavy atom. The average Bonchev–Trinajstić information content (AvgIpc) is 2.24. The van der Waals surface area contributed by atoms with Crippen molar-refractivity contribution < 1.29 is 9.53 Å². The van der Waals surface area contributed by atoms with Crippen LogP contribution in [0.25, 0.3) is 0 Å². The third-order valence-electron chi connectivity index (χ3n) is 2.37. The highest BCUT2D eigenvalue weighted by Crippen LogP contribution is 2.14. The van der Waals surface area contributed by atoms with Crippen LogP contribution >= 0.6 is 15.9 Å². The zero-order valence-electron chi connectivity index (χ0n) is 11.5. The average molecular weight is 308 g/mol.